The van der Waals surface area contributed by atoms with Crippen molar-refractivity contribution in [2.75, 3.05) is 37.0 Å². The molecule has 2 saturated heterocycles. The first-order chi connectivity index (χ1) is 15.4. The second-order valence-corrected chi connectivity index (χ2v) is 8.09. The molecule has 1 aromatic carbocycles. The van der Waals surface area contributed by atoms with E-state index in [-0.39, 0.29) is 18.6 Å². The number of thiol groups is 1. The normalized spacial score (nSPS) is 21.6. The monoisotopic (exact) mass is 460 g/mol. The van der Waals surface area contributed by atoms with Crippen molar-refractivity contribution >= 4 is 35.6 Å². The minimum Gasteiger partial charge on any atom is -0.372 e. The average molecular weight is 461 g/mol. The van der Waals surface area contributed by atoms with Gasteiger partial charge in [-0.3, -0.25) is 9.78 Å². The number of rotatable bonds is 1. The maximum absolute atomic E-state index is 9.20. The number of hydrogen-bond acceptors (Lipinski definition) is 8. The molecule has 2 fully saturated rings. The quantitative estimate of drug-likeness (QED) is 0.292. The number of morpholine rings is 1. The average Bonchev–Trinajstić information content (AvgIpc) is 3.25. The number of nitrogens with one attached hydrogen (secondary N) is 1. The smallest absolute Gasteiger partial charge is 0.204 e. The zero-order valence-electron chi connectivity index (χ0n) is 19.2. The Morgan fingerprint density at radius 3 is 2.41 bits per heavy atom. The van der Waals surface area contributed by atoms with E-state index in [4.69, 9.17) is 15.3 Å². The molecule has 8 nitrogen and oxygen atoms in total. The summed E-state index contributed by atoms with van der Waals surface area (Å²) in [6.45, 7) is 10.7. The molecule has 4 rings (SSSR count). The van der Waals surface area contributed by atoms with Gasteiger partial charge in [-0.05, 0) is 63.5 Å². The van der Waals surface area contributed by atoms with Gasteiger partial charge < -0.3 is 26.4 Å². The molecule has 3 atom stereocenters. The van der Waals surface area contributed by atoms with Gasteiger partial charge >= 0.3 is 0 Å². The predicted octanol–water partition coefficient (Wildman–Crippen LogP) is 2.27. The number of anilines is 1. The number of nitriles is 1. The number of carbonyl (C=O) groups is 1. The van der Waals surface area contributed by atoms with E-state index in [1.807, 2.05) is 24.3 Å². The number of ether oxygens (including phenoxy) is 1. The van der Waals surface area contributed by atoms with E-state index in [0.29, 0.717) is 11.4 Å². The van der Waals surface area contributed by atoms with Crippen molar-refractivity contribution in [3.05, 3.63) is 36.0 Å². The molecule has 176 valence electrons. The van der Waals surface area contributed by atoms with E-state index in [9.17, 15) is 5.26 Å². The van der Waals surface area contributed by atoms with Crippen LogP contribution in [0.5, 0.6) is 0 Å². The molecule has 32 heavy (non-hydrogen) atoms. The number of aromatic nitrogens is 1. The summed E-state index contributed by atoms with van der Waals surface area (Å²) in [7, 11) is 0. The summed E-state index contributed by atoms with van der Waals surface area (Å²) in [5.41, 5.74) is 11.4. The van der Waals surface area contributed by atoms with Crippen LogP contribution >= 0.6 is 12.6 Å². The molecule has 0 spiro atoms. The van der Waals surface area contributed by atoms with Crippen molar-refractivity contribution in [3.63, 3.8) is 0 Å². The van der Waals surface area contributed by atoms with Crippen LogP contribution in [0.3, 0.4) is 0 Å². The fourth-order valence-corrected chi connectivity index (χ4v) is 3.70. The van der Waals surface area contributed by atoms with E-state index in [0.717, 1.165) is 35.6 Å². The van der Waals surface area contributed by atoms with Crippen molar-refractivity contribution < 1.29 is 9.53 Å². The van der Waals surface area contributed by atoms with Crippen LogP contribution < -0.4 is 21.7 Å². The first-order valence-electron chi connectivity index (χ1n) is 10.8. The number of amides is 1. The van der Waals surface area contributed by atoms with Gasteiger partial charge in [0.05, 0.1) is 23.3 Å². The van der Waals surface area contributed by atoms with Crippen LogP contribution in [-0.2, 0) is 9.53 Å². The third-order valence-electron chi connectivity index (χ3n) is 4.93. The number of benzene rings is 1. The first-order valence-corrected chi connectivity index (χ1v) is 11.4. The largest absolute Gasteiger partial charge is 0.372 e. The van der Waals surface area contributed by atoms with Gasteiger partial charge in [-0.1, -0.05) is 6.92 Å². The maximum Gasteiger partial charge on any atom is 0.204 e. The zero-order valence-corrected chi connectivity index (χ0v) is 20.1. The molecule has 0 saturated carbocycles. The Bertz CT molecular complexity index is 844. The molecule has 1 amide bonds. The number of primary amides is 1. The fraction of sp³-hybridized carbons (Fsp3) is 0.522. The summed E-state index contributed by atoms with van der Waals surface area (Å²) >= 11 is 3.57. The molecule has 3 unspecified atom stereocenters. The number of hydrogen-bond donors (Lipinski definition) is 4. The Labute approximate surface area is 196 Å². The summed E-state index contributed by atoms with van der Waals surface area (Å²) in [4.78, 5) is 15.3. The van der Waals surface area contributed by atoms with Crippen molar-refractivity contribution in [3.8, 4) is 6.07 Å². The summed E-state index contributed by atoms with van der Waals surface area (Å²) in [6, 6.07) is 10.0. The number of carbonyl (C=O) groups excluding carboxylic acids is 1. The van der Waals surface area contributed by atoms with Crippen LogP contribution in [-0.4, -0.2) is 55.7 Å². The molecule has 3 heterocycles. The molecule has 2 aromatic rings. The molecular formula is C23H36N6O2S. The molecule has 9 heteroatoms. The second-order valence-electron chi connectivity index (χ2n) is 7.72. The van der Waals surface area contributed by atoms with Crippen LogP contribution in [0.2, 0.25) is 0 Å². The lowest BCUT2D eigenvalue weighted by atomic mass is 10.1. The van der Waals surface area contributed by atoms with Crippen LogP contribution in [0.1, 0.15) is 32.8 Å². The highest BCUT2D eigenvalue weighted by Crippen LogP contribution is 2.30. The van der Waals surface area contributed by atoms with Gasteiger partial charge in [-0.2, -0.15) is 17.9 Å². The van der Waals surface area contributed by atoms with Gasteiger partial charge in [0.25, 0.3) is 0 Å². The van der Waals surface area contributed by atoms with Crippen LogP contribution in [0.4, 0.5) is 5.69 Å². The number of nitrogens with zero attached hydrogens (tertiary/aromatic N) is 3. The van der Waals surface area contributed by atoms with E-state index >= 15 is 0 Å². The minimum absolute atomic E-state index is 0.209. The maximum atomic E-state index is 9.20. The Balaban J connectivity index is 0.000000352. The van der Waals surface area contributed by atoms with E-state index < -0.39 is 0 Å². The molecule has 2 aliphatic rings. The van der Waals surface area contributed by atoms with Gasteiger partial charge in [0.1, 0.15) is 6.07 Å². The zero-order chi connectivity index (χ0) is 23.9. The van der Waals surface area contributed by atoms with Crippen molar-refractivity contribution in [2.24, 2.45) is 17.4 Å². The SMILES string of the molecule is CC1CCNC1.CC1CN(c2ccc(C#N)c3ncccc23)CC(C)O1.NC=O.NCS. The van der Waals surface area contributed by atoms with Crippen molar-refractivity contribution in [2.45, 2.75) is 39.4 Å². The molecular weight excluding hydrogens is 424 g/mol. The number of pyridine rings is 1. The van der Waals surface area contributed by atoms with Gasteiger partial charge in [0.15, 0.2) is 0 Å². The van der Waals surface area contributed by atoms with E-state index in [1.165, 1.54) is 19.5 Å². The third kappa shape index (κ3) is 9.01. The molecule has 1 aromatic heterocycles. The molecule has 0 bridgehead atoms. The van der Waals surface area contributed by atoms with Gasteiger partial charge in [-0.15, -0.1) is 0 Å². The van der Waals surface area contributed by atoms with Gasteiger partial charge in [0.2, 0.25) is 6.41 Å². The molecule has 0 radical (unpaired) electrons. The lowest BCUT2D eigenvalue weighted by Gasteiger charge is -2.37. The second kappa shape index (κ2) is 15.4. The van der Waals surface area contributed by atoms with Crippen LogP contribution in [0, 0.1) is 17.2 Å². The lowest BCUT2D eigenvalue weighted by Crippen LogP contribution is -2.45. The van der Waals surface area contributed by atoms with Crippen LogP contribution in [0.15, 0.2) is 30.5 Å². The highest BCUT2D eigenvalue weighted by molar-refractivity contribution is 7.80. The number of fused-ring (bicyclic) bond motifs is 1. The first kappa shape index (κ1) is 27.7. The Morgan fingerprint density at radius 2 is 1.94 bits per heavy atom. The van der Waals surface area contributed by atoms with Crippen molar-refractivity contribution in [1.29, 1.82) is 5.26 Å². The van der Waals surface area contributed by atoms with E-state index in [2.05, 4.69) is 60.4 Å². The fourth-order valence-electron chi connectivity index (χ4n) is 3.70. The lowest BCUT2D eigenvalue weighted by molar-refractivity contribution is -0.106. The van der Waals surface area contributed by atoms with Crippen LogP contribution in [0.25, 0.3) is 10.9 Å². The number of nitrogens with two attached hydrogens (primary N) is 2. The minimum atomic E-state index is 0.209. The van der Waals surface area contributed by atoms with Gasteiger partial charge in [-0.25, -0.2) is 0 Å². The van der Waals surface area contributed by atoms with Gasteiger partial charge in [0, 0.05) is 36.2 Å². The topological polar surface area (TPSA) is 130 Å². The summed E-state index contributed by atoms with van der Waals surface area (Å²) in [5, 5.41) is 13.5. The van der Waals surface area contributed by atoms with E-state index in [1.54, 1.807) is 6.20 Å². The molecule has 2 aliphatic heterocycles. The predicted molar refractivity (Wildman–Crippen MR) is 134 cm³/mol. The highest BCUT2D eigenvalue weighted by Gasteiger charge is 2.24. The summed E-state index contributed by atoms with van der Waals surface area (Å²) < 4.78 is 5.79. The Kier molecular flexibility index (Phi) is 13.3. The highest BCUT2D eigenvalue weighted by atomic mass is 32.1. The Morgan fingerprint density at radius 1 is 1.31 bits per heavy atom. The Hall–Kier alpha value is -2.38. The molecule has 5 N–H and O–H groups in total. The summed E-state index contributed by atoms with van der Waals surface area (Å²) in [6.07, 6.45) is 3.78. The summed E-state index contributed by atoms with van der Waals surface area (Å²) in [5.74, 6) is 1.38. The standard InChI is InChI=1S/C16H17N3O.C5H11N.CH3NO.CH5NS/c1-11-9-19(10-12(2)20-11)15-6-5-13(8-17)16-14(15)4-3-7-18-16;1-5-2-3-6-4-5;2*2-1-3/h3-7,11-12H,9-10H2,1-2H3;5-6H,2-4H2,1H3;1H,(H2,2,3);3H,1-2H2. The molecule has 0 aliphatic carbocycles. The third-order valence-corrected chi connectivity index (χ3v) is 4.93. The van der Waals surface area contributed by atoms with Crippen molar-refractivity contribution in [1.82, 2.24) is 10.3 Å².